The molecule has 0 saturated heterocycles. The molecule has 0 bridgehead atoms. The van der Waals surface area contributed by atoms with Gasteiger partial charge in [0.1, 0.15) is 12.4 Å². The fourth-order valence-electron chi connectivity index (χ4n) is 3.31. The molecule has 7 nitrogen and oxygen atoms in total. The van der Waals surface area contributed by atoms with Crippen molar-refractivity contribution < 1.29 is 35.1 Å². The highest BCUT2D eigenvalue weighted by Gasteiger charge is 2.57. The summed E-state index contributed by atoms with van der Waals surface area (Å²) in [6.07, 6.45) is -7.40. The lowest BCUT2D eigenvalue weighted by Crippen LogP contribution is -2.40. The van der Waals surface area contributed by atoms with Crippen molar-refractivity contribution in [2.45, 2.75) is 31.7 Å². The number of alkyl halides is 8. The lowest BCUT2D eigenvalue weighted by molar-refractivity contribution is -0.287. The molecule has 15 heteroatoms. The smallest absolute Gasteiger partial charge is 0.268 e. The van der Waals surface area contributed by atoms with E-state index in [9.17, 15) is 39.9 Å². The number of fused-ring (bicyclic) bond motifs is 1. The summed E-state index contributed by atoms with van der Waals surface area (Å²) < 4.78 is 108. The van der Waals surface area contributed by atoms with Gasteiger partial charge in [-0.1, -0.05) is 6.07 Å². The van der Waals surface area contributed by atoms with Gasteiger partial charge in [-0.2, -0.15) is 40.2 Å². The van der Waals surface area contributed by atoms with Gasteiger partial charge in [-0.15, -0.1) is 0 Å². The maximum absolute atomic E-state index is 13.9. The number of pyridine rings is 1. The fourth-order valence-corrected chi connectivity index (χ4v) is 3.31. The quantitative estimate of drug-likeness (QED) is 0.399. The molecule has 0 aliphatic heterocycles. The lowest BCUT2D eigenvalue weighted by atomic mass is 10.1. The van der Waals surface area contributed by atoms with E-state index in [1.165, 1.54) is 30.0 Å². The van der Waals surface area contributed by atoms with Crippen LogP contribution in [0.1, 0.15) is 11.4 Å². The first kappa shape index (κ1) is 23.4. The van der Waals surface area contributed by atoms with Crippen molar-refractivity contribution in [3.05, 3.63) is 64.7 Å². The number of imidazole rings is 1. The molecule has 0 aliphatic rings. The second-order valence-electron chi connectivity index (χ2n) is 7.23. The van der Waals surface area contributed by atoms with E-state index in [1.54, 1.807) is 12.1 Å². The number of hydrogen-bond donors (Lipinski definition) is 0. The maximum atomic E-state index is 13.9. The zero-order chi connectivity index (χ0) is 25.1. The van der Waals surface area contributed by atoms with Crippen molar-refractivity contribution >= 4 is 5.78 Å². The number of aryl methyl sites for hydroxylation is 1. The summed E-state index contributed by atoms with van der Waals surface area (Å²) in [7, 11) is 0. The standard InChI is InChI=1S/C19H12F8N6O/c1-10-7-32-15(34)13(11-6-29-31(8-11)9-17(20,21)19(25,26)27)14(18(22,23)24)30-16(32)33(10)12-4-2-3-5-28-12/h2-8H,9H2,1H3. The first-order chi connectivity index (χ1) is 15.7. The van der Waals surface area contributed by atoms with Gasteiger partial charge in [0, 0.05) is 29.8 Å². The molecule has 0 saturated carbocycles. The summed E-state index contributed by atoms with van der Waals surface area (Å²) in [6, 6.07) is 4.62. The molecule has 0 aliphatic carbocycles. The van der Waals surface area contributed by atoms with E-state index in [0.29, 0.717) is 18.1 Å². The number of aromatic nitrogens is 6. The summed E-state index contributed by atoms with van der Waals surface area (Å²) in [5.41, 5.74) is -4.26. The minimum absolute atomic E-state index is 0.113. The predicted octanol–water partition coefficient (Wildman–Crippen LogP) is 4.27. The van der Waals surface area contributed by atoms with Crippen molar-refractivity contribution in [2.75, 3.05) is 0 Å². The number of rotatable bonds is 4. The average Bonchev–Trinajstić information content (AvgIpc) is 3.30. The Morgan fingerprint density at radius 3 is 2.29 bits per heavy atom. The Morgan fingerprint density at radius 2 is 1.71 bits per heavy atom. The van der Waals surface area contributed by atoms with Gasteiger partial charge < -0.3 is 0 Å². The van der Waals surface area contributed by atoms with Crippen LogP contribution in [0.25, 0.3) is 22.7 Å². The molecule has 0 unspecified atom stereocenters. The largest absolute Gasteiger partial charge is 0.455 e. The Bertz CT molecular complexity index is 1420. The predicted molar refractivity (Wildman–Crippen MR) is 101 cm³/mol. The first-order valence-corrected chi connectivity index (χ1v) is 9.31. The van der Waals surface area contributed by atoms with Gasteiger partial charge in [-0.25, -0.2) is 9.97 Å². The Kier molecular flexibility index (Phi) is 5.25. The molecule has 34 heavy (non-hydrogen) atoms. The maximum Gasteiger partial charge on any atom is 0.455 e. The average molecular weight is 492 g/mol. The zero-order valence-electron chi connectivity index (χ0n) is 16.9. The summed E-state index contributed by atoms with van der Waals surface area (Å²) in [6.45, 7) is -0.489. The highest BCUT2D eigenvalue weighted by Crippen LogP contribution is 2.38. The highest BCUT2D eigenvalue weighted by atomic mass is 19.4. The Hall–Kier alpha value is -3.78. The van der Waals surface area contributed by atoms with Crippen LogP contribution in [0, 0.1) is 6.92 Å². The molecule has 0 spiro atoms. The van der Waals surface area contributed by atoms with Crippen LogP contribution in [0.15, 0.2) is 47.8 Å². The molecule has 4 aromatic rings. The molecule has 4 aromatic heterocycles. The van der Waals surface area contributed by atoms with Crippen LogP contribution in [0.3, 0.4) is 0 Å². The van der Waals surface area contributed by atoms with E-state index in [0.717, 1.165) is 4.40 Å². The normalized spacial score (nSPS) is 13.1. The van der Waals surface area contributed by atoms with Gasteiger partial charge in [-0.3, -0.25) is 18.4 Å². The lowest BCUT2D eigenvalue weighted by Gasteiger charge is -2.19. The third-order valence-electron chi connectivity index (χ3n) is 4.81. The van der Waals surface area contributed by atoms with E-state index >= 15 is 0 Å². The van der Waals surface area contributed by atoms with Crippen LogP contribution in [-0.4, -0.2) is 40.8 Å². The Balaban J connectivity index is 1.92. The molecule has 0 radical (unpaired) electrons. The van der Waals surface area contributed by atoms with E-state index in [-0.39, 0.29) is 10.5 Å². The third-order valence-corrected chi connectivity index (χ3v) is 4.81. The van der Waals surface area contributed by atoms with Crippen molar-refractivity contribution in [1.82, 2.24) is 28.7 Å². The second kappa shape index (κ2) is 7.63. The van der Waals surface area contributed by atoms with Crippen LogP contribution >= 0.6 is 0 Å². The highest BCUT2D eigenvalue weighted by molar-refractivity contribution is 5.66. The van der Waals surface area contributed by atoms with E-state index < -0.39 is 53.0 Å². The Labute approximate surface area is 183 Å². The summed E-state index contributed by atoms with van der Waals surface area (Å²) in [4.78, 5) is 20.7. The van der Waals surface area contributed by atoms with Crippen LogP contribution in [0.4, 0.5) is 35.1 Å². The summed E-state index contributed by atoms with van der Waals surface area (Å²) in [5.74, 6) is -5.44. The first-order valence-electron chi connectivity index (χ1n) is 9.31. The zero-order valence-corrected chi connectivity index (χ0v) is 16.9. The molecule has 4 heterocycles. The van der Waals surface area contributed by atoms with Gasteiger partial charge in [0.25, 0.3) is 5.56 Å². The van der Waals surface area contributed by atoms with Crippen molar-refractivity contribution in [3.8, 4) is 16.9 Å². The molecule has 0 amide bonds. The van der Waals surface area contributed by atoms with Crippen LogP contribution in [0.5, 0.6) is 0 Å². The number of halogens is 8. The molecule has 180 valence electrons. The van der Waals surface area contributed by atoms with Gasteiger partial charge >= 0.3 is 18.3 Å². The molecule has 0 atom stereocenters. The van der Waals surface area contributed by atoms with E-state index in [2.05, 4.69) is 15.1 Å². The van der Waals surface area contributed by atoms with Crippen molar-refractivity contribution in [2.24, 2.45) is 0 Å². The second-order valence-corrected chi connectivity index (χ2v) is 7.23. The molecule has 0 N–H and O–H groups in total. The third kappa shape index (κ3) is 3.90. The van der Waals surface area contributed by atoms with Crippen LogP contribution in [0.2, 0.25) is 0 Å². The molecule has 0 fully saturated rings. The monoisotopic (exact) mass is 492 g/mol. The van der Waals surface area contributed by atoms with E-state index in [4.69, 9.17) is 0 Å². The van der Waals surface area contributed by atoms with Gasteiger partial charge in [0.2, 0.25) is 5.78 Å². The summed E-state index contributed by atoms with van der Waals surface area (Å²) in [5, 5.41) is 3.28. The molecular weight excluding hydrogens is 480 g/mol. The fraction of sp³-hybridized carbons (Fsp3) is 0.263. The minimum atomic E-state index is -5.90. The van der Waals surface area contributed by atoms with Gasteiger partial charge in [-0.05, 0) is 19.1 Å². The summed E-state index contributed by atoms with van der Waals surface area (Å²) >= 11 is 0. The molecule has 0 aromatic carbocycles. The van der Waals surface area contributed by atoms with Crippen molar-refractivity contribution in [1.29, 1.82) is 0 Å². The SMILES string of the molecule is Cc1cn2c(=O)c(-c3cnn(CC(F)(F)C(F)(F)F)c3)c(C(F)(F)F)nc2n1-c1ccccn1. The Morgan fingerprint density at radius 1 is 1.00 bits per heavy atom. The van der Waals surface area contributed by atoms with Crippen molar-refractivity contribution in [3.63, 3.8) is 0 Å². The molecular formula is C19H12F8N6O. The molecule has 4 rings (SSSR count). The topological polar surface area (TPSA) is 70.0 Å². The van der Waals surface area contributed by atoms with Gasteiger partial charge in [0.15, 0.2) is 5.69 Å². The van der Waals surface area contributed by atoms with Crippen LogP contribution in [-0.2, 0) is 12.7 Å². The van der Waals surface area contributed by atoms with Gasteiger partial charge in [0.05, 0.1) is 11.8 Å². The number of hydrogen-bond acceptors (Lipinski definition) is 4. The number of nitrogens with zero attached hydrogens (tertiary/aromatic N) is 6. The van der Waals surface area contributed by atoms with E-state index in [1.807, 2.05) is 0 Å². The van der Waals surface area contributed by atoms with Crippen LogP contribution < -0.4 is 5.56 Å². The minimum Gasteiger partial charge on any atom is -0.268 e.